The van der Waals surface area contributed by atoms with Crippen LogP contribution in [-0.2, 0) is 14.3 Å². The molecule has 2 aliphatic carbocycles. The fourth-order valence-electron chi connectivity index (χ4n) is 4.60. The number of fused-ring (bicyclic) bond motifs is 2. The van der Waals surface area contributed by atoms with E-state index < -0.39 is 31.0 Å². The van der Waals surface area contributed by atoms with Gasteiger partial charge in [-0.15, -0.1) is 0 Å². The molecule has 2 unspecified atom stereocenters. The third-order valence-electron chi connectivity index (χ3n) is 6.99. The Morgan fingerprint density at radius 2 is 1.97 bits per heavy atom. The number of carbonyl (C=O) groups excluding carboxylic acids is 3. The lowest BCUT2D eigenvalue weighted by atomic mass is 9.70. The Morgan fingerprint density at radius 3 is 2.53 bits per heavy atom. The van der Waals surface area contributed by atoms with E-state index in [1.165, 1.54) is 25.7 Å². The molecule has 0 heterocycles. The Labute approximate surface area is 191 Å². The summed E-state index contributed by atoms with van der Waals surface area (Å²) >= 11 is 6.13. The van der Waals surface area contributed by atoms with Gasteiger partial charge in [-0.05, 0) is 42.7 Å². The molecule has 0 saturated heterocycles. The molecule has 10 heteroatoms. The second-order valence-corrected chi connectivity index (χ2v) is 9.31. The molecule has 0 aliphatic heterocycles. The lowest BCUT2D eigenvalue weighted by molar-refractivity contribution is -0.124. The van der Waals surface area contributed by atoms with E-state index in [-0.39, 0.29) is 32.9 Å². The fraction of sp³-hybridized carbons (Fsp3) is 0.545. The largest absolute Gasteiger partial charge is 0.493 e. The standard InChI is InChI=1S/C22H28ClN3O6/c1-21(2)13-5-6-22(21,3)16(9-13)25-26-18(28)11-32-20(29)12-7-14(23)19(15(8-12)30-4)31-10-17(24)27/h7-8,13H,5-6,9-11H2,1-4H3,(H2,24,27)(H,26,28)/b25-16+. The van der Waals surface area contributed by atoms with Gasteiger partial charge in [0.25, 0.3) is 11.8 Å². The number of hydrogen-bond acceptors (Lipinski definition) is 7. The first-order valence-electron chi connectivity index (χ1n) is 10.3. The molecular formula is C22H28ClN3O6. The molecule has 32 heavy (non-hydrogen) atoms. The van der Waals surface area contributed by atoms with Crippen LogP contribution < -0.4 is 20.6 Å². The molecule has 2 saturated carbocycles. The van der Waals surface area contributed by atoms with Crippen molar-refractivity contribution in [2.75, 3.05) is 20.3 Å². The van der Waals surface area contributed by atoms with Crippen LogP contribution in [0, 0.1) is 16.7 Å². The zero-order valence-electron chi connectivity index (χ0n) is 18.6. The molecule has 2 aliphatic rings. The Kier molecular flexibility index (Phi) is 6.69. The number of amides is 2. The summed E-state index contributed by atoms with van der Waals surface area (Å²) in [5.41, 5.74) is 8.72. The van der Waals surface area contributed by atoms with Crippen molar-refractivity contribution in [2.45, 2.75) is 40.0 Å². The van der Waals surface area contributed by atoms with Gasteiger partial charge in [0.2, 0.25) is 0 Å². The molecule has 1 aromatic rings. The number of methoxy groups -OCH3 is 1. The van der Waals surface area contributed by atoms with Crippen molar-refractivity contribution in [3.8, 4) is 11.5 Å². The number of rotatable bonds is 8. The molecule has 2 fully saturated rings. The molecule has 2 atom stereocenters. The molecule has 2 amide bonds. The van der Waals surface area contributed by atoms with Gasteiger partial charge in [-0.25, -0.2) is 10.2 Å². The number of benzene rings is 1. The minimum atomic E-state index is -0.775. The number of halogens is 1. The van der Waals surface area contributed by atoms with E-state index in [1.54, 1.807) is 0 Å². The molecule has 3 N–H and O–H groups in total. The molecule has 9 nitrogen and oxygen atoms in total. The van der Waals surface area contributed by atoms with E-state index in [0.29, 0.717) is 5.92 Å². The van der Waals surface area contributed by atoms with Crippen molar-refractivity contribution >= 4 is 35.1 Å². The summed E-state index contributed by atoms with van der Waals surface area (Å²) in [6.07, 6.45) is 3.09. The molecule has 0 spiro atoms. The first-order valence-corrected chi connectivity index (χ1v) is 10.7. The molecule has 0 aromatic heterocycles. The van der Waals surface area contributed by atoms with Crippen LogP contribution in [0.3, 0.4) is 0 Å². The first-order chi connectivity index (χ1) is 15.0. The van der Waals surface area contributed by atoms with Crippen LogP contribution in [0.25, 0.3) is 0 Å². The molecular weight excluding hydrogens is 438 g/mol. The summed E-state index contributed by atoms with van der Waals surface area (Å²) in [6, 6.07) is 2.62. The highest BCUT2D eigenvalue weighted by Crippen LogP contribution is 2.63. The minimum Gasteiger partial charge on any atom is -0.493 e. The third kappa shape index (κ3) is 4.39. The van der Waals surface area contributed by atoms with Gasteiger partial charge in [0.15, 0.2) is 24.7 Å². The predicted octanol–water partition coefficient (Wildman–Crippen LogP) is 2.69. The van der Waals surface area contributed by atoms with Crippen molar-refractivity contribution in [2.24, 2.45) is 27.6 Å². The average Bonchev–Trinajstić information content (AvgIpc) is 3.07. The number of hydrazone groups is 1. The van der Waals surface area contributed by atoms with Crippen LogP contribution >= 0.6 is 11.6 Å². The lowest BCUT2D eigenvalue weighted by Crippen LogP contribution is -2.34. The number of nitrogens with one attached hydrogen (secondary N) is 1. The predicted molar refractivity (Wildman–Crippen MR) is 118 cm³/mol. The Bertz CT molecular complexity index is 977. The highest BCUT2D eigenvalue weighted by Gasteiger charge is 2.60. The van der Waals surface area contributed by atoms with Crippen LogP contribution in [0.5, 0.6) is 11.5 Å². The van der Waals surface area contributed by atoms with Crippen molar-refractivity contribution in [1.82, 2.24) is 5.43 Å². The van der Waals surface area contributed by atoms with Gasteiger partial charge in [0, 0.05) is 11.1 Å². The topological polar surface area (TPSA) is 129 Å². The van der Waals surface area contributed by atoms with Crippen LogP contribution in [-0.4, -0.2) is 43.8 Å². The second-order valence-electron chi connectivity index (χ2n) is 8.91. The Morgan fingerprint density at radius 1 is 1.25 bits per heavy atom. The number of primary amides is 1. The summed E-state index contributed by atoms with van der Waals surface area (Å²) in [6.45, 7) is 5.79. The highest BCUT2D eigenvalue weighted by molar-refractivity contribution is 6.32. The van der Waals surface area contributed by atoms with Crippen LogP contribution in [0.4, 0.5) is 0 Å². The van der Waals surface area contributed by atoms with Crippen molar-refractivity contribution in [1.29, 1.82) is 0 Å². The normalized spacial score (nSPS) is 24.3. The maximum absolute atomic E-state index is 12.4. The summed E-state index contributed by atoms with van der Waals surface area (Å²) in [5.74, 6) is -1.24. The molecule has 174 valence electrons. The number of ether oxygens (including phenoxy) is 3. The van der Waals surface area contributed by atoms with Gasteiger partial charge in [-0.2, -0.15) is 5.10 Å². The summed E-state index contributed by atoms with van der Waals surface area (Å²) in [5, 5.41) is 4.37. The molecule has 1 aromatic carbocycles. The lowest BCUT2D eigenvalue weighted by Gasteiger charge is -2.34. The van der Waals surface area contributed by atoms with Crippen LogP contribution in [0.15, 0.2) is 17.2 Å². The SMILES string of the molecule is COc1cc(C(=O)OCC(=O)N/N=C2\CC3CCC2(C)C3(C)C)cc(Cl)c1OCC(N)=O. The van der Waals surface area contributed by atoms with Crippen molar-refractivity contribution in [3.63, 3.8) is 0 Å². The number of esters is 1. The smallest absolute Gasteiger partial charge is 0.338 e. The van der Waals surface area contributed by atoms with Gasteiger partial charge >= 0.3 is 5.97 Å². The number of nitrogens with zero attached hydrogens (tertiary/aromatic N) is 1. The maximum atomic E-state index is 12.4. The quantitative estimate of drug-likeness (QED) is 0.448. The first kappa shape index (κ1) is 23.8. The van der Waals surface area contributed by atoms with E-state index in [9.17, 15) is 14.4 Å². The van der Waals surface area contributed by atoms with Gasteiger partial charge in [0.1, 0.15) is 0 Å². The number of hydrogen-bond donors (Lipinski definition) is 2. The van der Waals surface area contributed by atoms with Crippen LogP contribution in [0.2, 0.25) is 5.02 Å². The number of nitrogens with two attached hydrogens (primary N) is 1. The Balaban J connectivity index is 1.59. The maximum Gasteiger partial charge on any atom is 0.338 e. The average molecular weight is 466 g/mol. The van der Waals surface area contributed by atoms with Gasteiger partial charge < -0.3 is 19.9 Å². The number of carbonyl (C=O) groups is 3. The second kappa shape index (κ2) is 8.97. The van der Waals surface area contributed by atoms with E-state index in [2.05, 4.69) is 31.3 Å². The van der Waals surface area contributed by atoms with E-state index in [0.717, 1.165) is 18.6 Å². The molecule has 2 bridgehead atoms. The molecule has 3 rings (SSSR count). The van der Waals surface area contributed by atoms with Gasteiger partial charge in [-0.3, -0.25) is 9.59 Å². The highest BCUT2D eigenvalue weighted by atomic mass is 35.5. The van der Waals surface area contributed by atoms with Gasteiger partial charge in [-0.1, -0.05) is 32.4 Å². The fourth-order valence-corrected chi connectivity index (χ4v) is 4.86. The summed E-state index contributed by atoms with van der Waals surface area (Å²) < 4.78 is 15.4. The zero-order chi connectivity index (χ0) is 23.7. The van der Waals surface area contributed by atoms with E-state index in [4.69, 9.17) is 31.5 Å². The van der Waals surface area contributed by atoms with Crippen molar-refractivity contribution < 1.29 is 28.6 Å². The minimum absolute atomic E-state index is 0.0283. The van der Waals surface area contributed by atoms with E-state index >= 15 is 0 Å². The monoisotopic (exact) mass is 465 g/mol. The van der Waals surface area contributed by atoms with Crippen molar-refractivity contribution in [3.05, 3.63) is 22.7 Å². The van der Waals surface area contributed by atoms with Gasteiger partial charge in [0.05, 0.1) is 17.7 Å². The zero-order valence-corrected chi connectivity index (χ0v) is 19.4. The summed E-state index contributed by atoms with van der Waals surface area (Å²) in [4.78, 5) is 35.5. The summed E-state index contributed by atoms with van der Waals surface area (Å²) in [7, 11) is 1.35. The molecule has 0 radical (unpaired) electrons. The third-order valence-corrected chi connectivity index (χ3v) is 7.27. The van der Waals surface area contributed by atoms with E-state index in [1.807, 2.05) is 0 Å². The van der Waals surface area contributed by atoms with Crippen LogP contribution in [0.1, 0.15) is 50.4 Å². The Hall–Kier alpha value is -2.81.